The molecule has 0 N–H and O–H groups in total. The van der Waals surface area contributed by atoms with Crippen LogP contribution in [0.4, 0.5) is 0 Å². The molecule has 1 atom stereocenters. The van der Waals surface area contributed by atoms with E-state index in [2.05, 4.69) is 10.1 Å². The van der Waals surface area contributed by atoms with Gasteiger partial charge < -0.3 is 9.32 Å². The molecule has 4 heterocycles. The maximum absolute atomic E-state index is 13.2. The molecule has 1 aliphatic heterocycles. The van der Waals surface area contributed by atoms with E-state index in [1.807, 2.05) is 36.2 Å². The third kappa shape index (κ3) is 2.58. The van der Waals surface area contributed by atoms with Crippen molar-refractivity contribution < 1.29 is 9.21 Å². The Hall–Kier alpha value is -2.63. The molecule has 0 spiro atoms. The zero-order chi connectivity index (χ0) is 16.5. The van der Waals surface area contributed by atoms with Crippen LogP contribution in [0, 0.1) is 6.92 Å². The Morgan fingerprint density at radius 3 is 3.04 bits per heavy atom. The monoisotopic (exact) mass is 324 g/mol. The third-order valence-electron chi connectivity index (χ3n) is 4.62. The molecule has 6 nitrogen and oxygen atoms in total. The molecule has 0 aliphatic carbocycles. The Morgan fingerprint density at radius 2 is 2.21 bits per heavy atom. The van der Waals surface area contributed by atoms with Crippen molar-refractivity contribution in [3.05, 3.63) is 53.9 Å². The lowest BCUT2D eigenvalue weighted by atomic mass is 10.1. The number of furan rings is 1. The van der Waals surface area contributed by atoms with E-state index in [1.165, 1.54) is 0 Å². The summed E-state index contributed by atoms with van der Waals surface area (Å²) in [5, 5.41) is 4.27. The predicted molar refractivity (Wildman–Crippen MR) is 88.7 cm³/mol. The van der Waals surface area contributed by atoms with Crippen molar-refractivity contribution in [2.24, 2.45) is 0 Å². The standard InChI is InChI=1S/C18H20N4O2/c1-13-8-10-22-17(20-13)14(12-19-22)18(23)21-9-4-2-3-6-15(21)16-7-5-11-24-16/h5,7-8,10-12,15H,2-4,6,9H2,1H3/t15-/m1/s1. The van der Waals surface area contributed by atoms with Gasteiger partial charge in [0.05, 0.1) is 18.5 Å². The van der Waals surface area contributed by atoms with Crippen LogP contribution in [0.15, 0.2) is 41.3 Å². The highest BCUT2D eigenvalue weighted by atomic mass is 16.3. The molecule has 0 aromatic carbocycles. The number of carbonyl (C=O) groups excluding carboxylic acids is 1. The normalized spacial score (nSPS) is 18.7. The minimum Gasteiger partial charge on any atom is -0.467 e. The van der Waals surface area contributed by atoms with Gasteiger partial charge in [0.1, 0.15) is 11.3 Å². The molecule has 0 unspecified atom stereocenters. The van der Waals surface area contributed by atoms with Crippen molar-refractivity contribution in [3.63, 3.8) is 0 Å². The summed E-state index contributed by atoms with van der Waals surface area (Å²) in [6.45, 7) is 2.65. The van der Waals surface area contributed by atoms with Gasteiger partial charge in [0.25, 0.3) is 5.91 Å². The van der Waals surface area contributed by atoms with Gasteiger partial charge in [0.15, 0.2) is 5.65 Å². The largest absolute Gasteiger partial charge is 0.467 e. The summed E-state index contributed by atoms with van der Waals surface area (Å²) in [6, 6.07) is 5.69. The van der Waals surface area contributed by atoms with Crippen molar-refractivity contribution in [1.29, 1.82) is 0 Å². The van der Waals surface area contributed by atoms with Crippen LogP contribution in [-0.4, -0.2) is 31.9 Å². The summed E-state index contributed by atoms with van der Waals surface area (Å²) in [6.07, 6.45) is 9.28. The van der Waals surface area contributed by atoms with Gasteiger partial charge in [-0.2, -0.15) is 5.10 Å². The van der Waals surface area contributed by atoms with Gasteiger partial charge in [-0.1, -0.05) is 12.8 Å². The molecule has 124 valence electrons. The summed E-state index contributed by atoms with van der Waals surface area (Å²) in [7, 11) is 0. The van der Waals surface area contributed by atoms with Crippen molar-refractivity contribution in [1.82, 2.24) is 19.5 Å². The average molecular weight is 324 g/mol. The molecule has 24 heavy (non-hydrogen) atoms. The molecule has 1 aliphatic rings. The smallest absolute Gasteiger partial charge is 0.259 e. The average Bonchev–Trinajstić information content (AvgIpc) is 3.19. The number of carbonyl (C=O) groups is 1. The first-order chi connectivity index (χ1) is 11.7. The Labute approximate surface area is 140 Å². The Kier molecular flexibility index (Phi) is 3.80. The van der Waals surface area contributed by atoms with E-state index >= 15 is 0 Å². The third-order valence-corrected chi connectivity index (χ3v) is 4.62. The zero-order valence-electron chi connectivity index (χ0n) is 13.7. The second-order valence-corrected chi connectivity index (χ2v) is 6.27. The number of rotatable bonds is 2. The summed E-state index contributed by atoms with van der Waals surface area (Å²) in [5.41, 5.74) is 2.04. The number of hydrogen-bond acceptors (Lipinski definition) is 4. The van der Waals surface area contributed by atoms with Crippen molar-refractivity contribution >= 4 is 11.6 Å². The number of aryl methyl sites for hydroxylation is 1. The van der Waals surface area contributed by atoms with E-state index in [1.54, 1.807) is 17.0 Å². The van der Waals surface area contributed by atoms with Crippen LogP contribution in [0.5, 0.6) is 0 Å². The second-order valence-electron chi connectivity index (χ2n) is 6.27. The predicted octanol–water partition coefficient (Wildman–Crippen LogP) is 3.39. The summed E-state index contributed by atoms with van der Waals surface area (Å²) in [4.78, 5) is 19.7. The lowest BCUT2D eigenvalue weighted by molar-refractivity contribution is 0.0660. The van der Waals surface area contributed by atoms with Gasteiger partial charge in [0.2, 0.25) is 0 Å². The summed E-state index contributed by atoms with van der Waals surface area (Å²) in [5.74, 6) is 0.831. The molecular weight excluding hydrogens is 304 g/mol. The van der Waals surface area contributed by atoms with Crippen molar-refractivity contribution in [2.75, 3.05) is 6.54 Å². The minimum atomic E-state index is -0.0219. The van der Waals surface area contributed by atoms with E-state index in [0.29, 0.717) is 11.2 Å². The van der Waals surface area contributed by atoms with Crippen LogP contribution in [0.2, 0.25) is 0 Å². The fourth-order valence-electron chi connectivity index (χ4n) is 3.39. The fraction of sp³-hybridized carbons (Fsp3) is 0.389. The maximum Gasteiger partial charge on any atom is 0.259 e. The highest BCUT2D eigenvalue weighted by Crippen LogP contribution is 2.32. The molecule has 1 saturated heterocycles. The topological polar surface area (TPSA) is 63.6 Å². The van der Waals surface area contributed by atoms with E-state index in [4.69, 9.17) is 4.42 Å². The van der Waals surface area contributed by atoms with Crippen LogP contribution in [0.25, 0.3) is 5.65 Å². The van der Waals surface area contributed by atoms with Gasteiger partial charge >= 0.3 is 0 Å². The lowest BCUT2D eigenvalue weighted by Gasteiger charge is -2.28. The SMILES string of the molecule is Cc1ccn2ncc(C(=O)N3CCCCC[C@@H]3c3ccco3)c2n1. The quantitative estimate of drug-likeness (QED) is 0.725. The number of nitrogens with zero attached hydrogens (tertiary/aromatic N) is 4. The first kappa shape index (κ1) is 14.9. The van der Waals surface area contributed by atoms with Gasteiger partial charge in [0, 0.05) is 18.4 Å². The van der Waals surface area contributed by atoms with Gasteiger partial charge in [-0.15, -0.1) is 0 Å². The molecule has 0 radical (unpaired) electrons. The number of fused-ring (bicyclic) bond motifs is 1. The second kappa shape index (κ2) is 6.11. The van der Waals surface area contributed by atoms with E-state index < -0.39 is 0 Å². The number of amides is 1. The summed E-state index contributed by atoms with van der Waals surface area (Å²) >= 11 is 0. The van der Waals surface area contributed by atoms with Crippen molar-refractivity contribution in [2.45, 2.75) is 38.6 Å². The molecule has 6 heteroatoms. The van der Waals surface area contributed by atoms with Gasteiger partial charge in [-0.3, -0.25) is 4.79 Å². The van der Waals surface area contributed by atoms with Crippen LogP contribution < -0.4 is 0 Å². The fourth-order valence-corrected chi connectivity index (χ4v) is 3.39. The number of hydrogen-bond donors (Lipinski definition) is 0. The highest BCUT2D eigenvalue weighted by molar-refractivity contribution is 5.99. The Morgan fingerprint density at radius 1 is 1.29 bits per heavy atom. The molecule has 0 bridgehead atoms. The van der Waals surface area contributed by atoms with Crippen molar-refractivity contribution in [3.8, 4) is 0 Å². The zero-order valence-corrected chi connectivity index (χ0v) is 13.7. The number of aromatic nitrogens is 3. The van der Waals surface area contributed by atoms with E-state index in [9.17, 15) is 4.79 Å². The maximum atomic E-state index is 13.2. The first-order valence-corrected chi connectivity index (χ1v) is 8.39. The van der Waals surface area contributed by atoms with Crippen LogP contribution in [0.3, 0.4) is 0 Å². The Bertz CT molecular complexity index is 853. The van der Waals surface area contributed by atoms with Gasteiger partial charge in [-0.05, 0) is 38.0 Å². The molecule has 4 rings (SSSR count). The number of likely N-dealkylation sites (tertiary alicyclic amines) is 1. The highest BCUT2D eigenvalue weighted by Gasteiger charge is 2.31. The molecular formula is C18H20N4O2. The Balaban J connectivity index is 1.73. The van der Waals surface area contributed by atoms with E-state index in [-0.39, 0.29) is 11.9 Å². The molecule has 3 aromatic heterocycles. The van der Waals surface area contributed by atoms with Crippen LogP contribution in [-0.2, 0) is 0 Å². The molecule has 1 fully saturated rings. The molecule has 1 amide bonds. The van der Waals surface area contributed by atoms with E-state index in [0.717, 1.165) is 43.7 Å². The lowest BCUT2D eigenvalue weighted by Crippen LogP contribution is -2.34. The molecule has 3 aromatic rings. The minimum absolute atomic E-state index is 0.0187. The molecule has 0 saturated carbocycles. The van der Waals surface area contributed by atoms with Crippen LogP contribution in [0.1, 0.15) is 53.5 Å². The van der Waals surface area contributed by atoms with Crippen LogP contribution >= 0.6 is 0 Å². The first-order valence-electron chi connectivity index (χ1n) is 8.39. The summed E-state index contributed by atoms with van der Waals surface area (Å²) < 4.78 is 7.26. The van der Waals surface area contributed by atoms with Gasteiger partial charge in [-0.25, -0.2) is 9.50 Å².